The number of amides is 5. The third kappa shape index (κ3) is 3.86. The highest BCUT2D eigenvalue weighted by molar-refractivity contribution is 6.45. The highest BCUT2D eigenvalue weighted by atomic mass is 16.5. The van der Waals surface area contributed by atoms with Gasteiger partial charge in [0.1, 0.15) is 12.6 Å². The lowest BCUT2D eigenvalue weighted by Crippen LogP contribution is -2.50. The van der Waals surface area contributed by atoms with Gasteiger partial charge in [-0.3, -0.25) is 19.3 Å². The van der Waals surface area contributed by atoms with Gasteiger partial charge in [0.2, 0.25) is 5.91 Å². The van der Waals surface area contributed by atoms with Gasteiger partial charge in [0.25, 0.3) is 0 Å². The monoisotopic (exact) mass is 367 g/mol. The van der Waals surface area contributed by atoms with E-state index in [4.69, 9.17) is 0 Å². The third-order valence-corrected chi connectivity index (χ3v) is 5.06. The van der Waals surface area contributed by atoms with Gasteiger partial charge >= 0.3 is 23.8 Å². The minimum Gasteiger partial charge on any atom is -0.467 e. The summed E-state index contributed by atoms with van der Waals surface area (Å²) >= 11 is 0. The maximum Gasteiger partial charge on any atom is 0.334 e. The minimum absolute atomic E-state index is 0.187. The highest BCUT2D eigenvalue weighted by Crippen LogP contribution is 2.27. The molecule has 0 aromatic carbocycles. The largest absolute Gasteiger partial charge is 0.467 e. The van der Waals surface area contributed by atoms with Crippen molar-refractivity contribution in [3.8, 4) is 0 Å². The first kappa shape index (κ1) is 19.9. The van der Waals surface area contributed by atoms with Crippen molar-refractivity contribution >= 4 is 29.7 Å². The van der Waals surface area contributed by atoms with Crippen LogP contribution >= 0.6 is 0 Å². The number of rotatable bonds is 7. The summed E-state index contributed by atoms with van der Waals surface area (Å²) in [5, 5.41) is 2.50. The fourth-order valence-electron chi connectivity index (χ4n) is 3.31. The summed E-state index contributed by atoms with van der Waals surface area (Å²) in [4.78, 5) is 62.4. The Hall–Kier alpha value is -2.45. The second-order valence-corrected chi connectivity index (χ2v) is 6.74. The van der Waals surface area contributed by atoms with E-state index < -0.39 is 42.3 Å². The van der Waals surface area contributed by atoms with Gasteiger partial charge in [-0.1, -0.05) is 33.1 Å². The highest BCUT2D eigenvalue weighted by Gasteiger charge is 2.48. The van der Waals surface area contributed by atoms with Crippen LogP contribution in [0.4, 0.5) is 4.79 Å². The van der Waals surface area contributed by atoms with Crippen LogP contribution in [0, 0.1) is 5.92 Å². The molecule has 0 unspecified atom stereocenters. The van der Waals surface area contributed by atoms with Crippen LogP contribution in [0.1, 0.15) is 46.0 Å². The van der Waals surface area contributed by atoms with Crippen molar-refractivity contribution in [3.63, 3.8) is 0 Å². The molecule has 1 saturated carbocycles. The molecule has 1 aliphatic heterocycles. The summed E-state index contributed by atoms with van der Waals surface area (Å²) in [6.07, 6.45) is 3.75. The molecular formula is C17H25N3O6. The number of hydrogen-bond acceptors (Lipinski definition) is 6. The van der Waals surface area contributed by atoms with E-state index in [1.54, 1.807) is 6.92 Å². The van der Waals surface area contributed by atoms with Crippen molar-refractivity contribution in [1.82, 2.24) is 15.1 Å². The summed E-state index contributed by atoms with van der Waals surface area (Å²) in [6, 6.07) is -1.93. The Kier molecular flexibility index (Phi) is 6.33. The number of ether oxygens (including phenoxy) is 1. The molecule has 2 rings (SSSR count). The van der Waals surface area contributed by atoms with E-state index in [-0.39, 0.29) is 12.0 Å². The van der Waals surface area contributed by atoms with Crippen molar-refractivity contribution in [2.45, 2.75) is 58.0 Å². The maximum atomic E-state index is 12.5. The number of urea groups is 1. The first-order chi connectivity index (χ1) is 12.3. The Labute approximate surface area is 152 Å². The number of carbonyl (C=O) groups excluding carboxylic acids is 5. The zero-order valence-corrected chi connectivity index (χ0v) is 15.3. The van der Waals surface area contributed by atoms with Gasteiger partial charge in [0.15, 0.2) is 0 Å². The SMILES string of the molecule is CC[C@H](C)[C@@H](NC(=O)CN1C(=O)C(=O)N(C2CCCC2)C1=O)C(=O)OC. The molecule has 144 valence electrons. The maximum absolute atomic E-state index is 12.5. The Bertz CT molecular complexity index is 614. The van der Waals surface area contributed by atoms with Gasteiger partial charge in [-0.2, -0.15) is 0 Å². The van der Waals surface area contributed by atoms with Gasteiger partial charge in [-0.05, 0) is 18.8 Å². The first-order valence-corrected chi connectivity index (χ1v) is 8.88. The molecule has 9 heteroatoms. The van der Waals surface area contributed by atoms with Gasteiger partial charge in [-0.25, -0.2) is 14.5 Å². The summed E-state index contributed by atoms with van der Waals surface area (Å²) < 4.78 is 4.69. The molecule has 1 heterocycles. The van der Waals surface area contributed by atoms with E-state index in [9.17, 15) is 24.0 Å². The second kappa shape index (κ2) is 8.29. The Morgan fingerprint density at radius 1 is 1.19 bits per heavy atom. The van der Waals surface area contributed by atoms with Crippen LogP contribution < -0.4 is 5.32 Å². The van der Waals surface area contributed by atoms with E-state index in [0.717, 1.165) is 17.7 Å². The van der Waals surface area contributed by atoms with Crippen LogP contribution in [0.2, 0.25) is 0 Å². The van der Waals surface area contributed by atoms with E-state index in [1.807, 2.05) is 6.92 Å². The number of imide groups is 2. The smallest absolute Gasteiger partial charge is 0.334 e. The normalized spacial score (nSPS) is 20.5. The molecule has 2 fully saturated rings. The summed E-state index contributed by atoms with van der Waals surface area (Å²) in [6.45, 7) is 3.04. The zero-order valence-electron chi connectivity index (χ0n) is 15.3. The topological polar surface area (TPSA) is 113 Å². The predicted octanol–water partition coefficient (Wildman–Crippen LogP) is 0.424. The molecule has 1 aliphatic carbocycles. The number of nitrogens with one attached hydrogen (secondary N) is 1. The van der Waals surface area contributed by atoms with Crippen LogP contribution in [-0.2, 0) is 23.9 Å². The number of esters is 1. The number of methoxy groups -OCH3 is 1. The average molecular weight is 367 g/mol. The van der Waals surface area contributed by atoms with Crippen molar-refractivity contribution in [1.29, 1.82) is 0 Å². The molecule has 9 nitrogen and oxygen atoms in total. The Morgan fingerprint density at radius 3 is 2.35 bits per heavy atom. The van der Waals surface area contributed by atoms with Crippen molar-refractivity contribution in [3.05, 3.63) is 0 Å². The van der Waals surface area contributed by atoms with Gasteiger partial charge in [0.05, 0.1) is 7.11 Å². The molecule has 2 aliphatic rings. The lowest BCUT2D eigenvalue weighted by atomic mass is 9.99. The van der Waals surface area contributed by atoms with Crippen LogP contribution in [0.25, 0.3) is 0 Å². The quantitative estimate of drug-likeness (QED) is 0.396. The molecule has 1 saturated heterocycles. The number of hydrogen-bond donors (Lipinski definition) is 1. The van der Waals surface area contributed by atoms with E-state index in [1.165, 1.54) is 7.11 Å². The fraction of sp³-hybridized carbons (Fsp3) is 0.706. The van der Waals surface area contributed by atoms with E-state index in [0.29, 0.717) is 24.2 Å². The average Bonchev–Trinajstić information content (AvgIpc) is 3.22. The predicted molar refractivity (Wildman–Crippen MR) is 89.6 cm³/mol. The Balaban J connectivity index is 2.05. The van der Waals surface area contributed by atoms with Gasteiger partial charge in [-0.15, -0.1) is 0 Å². The Morgan fingerprint density at radius 2 is 1.81 bits per heavy atom. The molecule has 2 atom stereocenters. The van der Waals surface area contributed by atoms with Crippen molar-refractivity contribution in [2.75, 3.05) is 13.7 Å². The van der Waals surface area contributed by atoms with Crippen LogP contribution in [0.3, 0.4) is 0 Å². The van der Waals surface area contributed by atoms with E-state index >= 15 is 0 Å². The molecule has 0 aromatic rings. The third-order valence-electron chi connectivity index (χ3n) is 5.06. The van der Waals surface area contributed by atoms with Crippen LogP contribution in [-0.4, -0.2) is 65.3 Å². The molecule has 0 radical (unpaired) electrons. The zero-order chi connectivity index (χ0) is 19.4. The number of carbonyl (C=O) groups is 5. The van der Waals surface area contributed by atoms with Crippen LogP contribution in [0.15, 0.2) is 0 Å². The molecule has 0 bridgehead atoms. The van der Waals surface area contributed by atoms with Crippen LogP contribution in [0.5, 0.6) is 0 Å². The molecule has 26 heavy (non-hydrogen) atoms. The first-order valence-electron chi connectivity index (χ1n) is 8.88. The summed E-state index contributed by atoms with van der Waals surface area (Å²) in [5.74, 6) is -3.37. The molecule has 0 aromatic heterocycles. The fourth-order valence-corrected chi connectivity index (χ4v) is 3.31. The lowest BCUT2D eigenvalue weighted by Gasteiger charge is -2.23. The second-order valence-electron chi connectivity index (χ2n) is 6.74. The molecule has 0 spiro atoms. The number of nitrogens with zero attached hydrogens (tertiary/aromatic N) is 2. The summed E-state index contributed by atoms with van der Waals surface area (Å²) in [5.41, 5.74) is 0. The lowest BCUT2D eigenvalue weighted by molar-refractivity contribution is -0.147. The van der Waals surface area contributed by atoms with Crippen molar-refractivity contribution in [2.24, 2.45) is 5.92 Å². The van der Waals surface area contributed by atoms with E-state index in [2.05, 4.69) is 10.1 Å². The standard InChI is InChI=1S/C17H25N3O6/c1-4-10(2)13(16(24)26-3)18-12(21)9-19-14(22)15(23)20(17(19)25)11-7-5-6-8-11/h10-11,13H,4-9H2,1-3H3,(H,18,21)/t10-,13+/m0/s1. The molecular weight excluding hydrogens is 342 g/mol. The van der Waals surface area contributed by atoms with Gasteiger partial charge < -0.3 is 10.1 Å². The molecule has 1 N–H and O–H groups in total. The summed E-state index contributed by atoms with van der Waals surface area (Å²) in [7, 11) is 1.22. The molecule has 5 amide bonds. The van der Waals surface area contributed by atoms with Crippen molar-refractivity contribution < 1.29 is 28.7 Å². The van der Waals surface area contributed by atoms with Gasteiger partial charge in [0, 0.05) is 6.04 Å². The minimum atomic E-state index is -1.00.